The first-order valence-corrected chi connectivity index (χ1v) is 7.36. The van der Waals surface area contributed by atoms with E-state index in [0.717, 1.165) is 4.90 Å². The first kappa shape index (κ1) is 14.5. The summed E-state index contributed by atoms with van der Waals surface area (Å²) in [5.74, 6) is 1.41. The summed E-state index contributed by atoms with van der Waals surface area (Å²) in [4.78, 5) is 13.1. The van der Waals surface area contributed by atoms with E-state index in [0.29, 0.717) is 17.3 Å². The van der Waals surface area contributed by atoms with E-state index in [1.165, 1.54) is 0 Å². The number of benzene rings is 1. The van der Waals surface area contributed by atoms with Gasteiger partial charge in [0.05, 0.1) is 0 Å². The standard InChI is InChI=1S/C14H16N2O3S/c1-9-8-13(16-19-9)15-14(17)10(2)18-11-4-6-12(20-3)7-5-11/h4-8,10H,1-3H3,(H,15,16,17). The number of thioether (sulfide) groups is 1. The molecule has 0 aliphatic carbocycles. The zero-order chi connectivity index (χ0) is 14.5. The fourth-order valence-corrected chi connectivity index (χ4v) is 1.97. The van der Waals surface area contributed by atoms with Crippen LogP contribution in [0.3, 0.4) is 0 Å². The Hall–Kier alpha value is -1.95. The van der Waals surface area contributed by atoms with Crippen LogP contribution in [0.15, 0.2) is 39.8 Å². The lowest BCUT2D eigenvalue weighted by atomic mass is 10.3. The van der Waals surface area contributed by atoms with E-state index in [9.17, 15) is 4.79 Å². The maximum Gasteiger partial charge on any atom is 0.266 e. The Morgan fingerprint density at radius 3 is 2.65 bits per heavy atom. The number of ether oxygens (including phenoxy) is 1. The van der Waals surface area contributed by atoms with Crippen LogP contribution in [0.25, 0.3) is 0 Å². The van der Waals surface area contributed by atoms with E-state index >= 15 is 0 Å². The number of aromatic nitrogens is 1. The van der Waals surface area contributed by atoms with E-state index in [2.05, 4.69) is 10.5 Å². The molecule has 0 saturated heterocycles. The second-order valence-corrected chi connectivity index (χ2v) is 5.13. The van der Waals surface area contributed by atoms with Crippen molar-refractivity contribution in [3.8, 4) is 5.75 Å². The van der Waals surface area contributed by atoms with Crippen LogP contribution in [0.5, 0.6) is 5.75 Å². The van der Waals surface area contributed by atoms with Gasteiger partial charge in [0.25, 0.3) is 5.91 Å². The number of nitrogens with one attached hydrogen (secondary N) is 1. The molecule has 0 fully saturated rings. The highest BCUT2D eigenvalue weighted by Gasteiger charge is 2.16. The summed E-state index contributed by atoms with van der Waals surface area (Å²) >= 11 is 1.65. The minimum absolute atomic E-state index is 0.271. The van der Waals surface area contributed by atoms with Crippen molar-refractivity contribution < 1.29 is 14.1 Å². The van der Waals surface area contributed by atoms with Gasteiger partial charge in [-0.25, -0.2) is 0 Å². The van der Waals surface area contributed by atoms with Crippen molar-refractivity contribution in [2.75, 3.05) is 11.6 Å². The van der Waals surface area contributed by atoms with Crippen molar-refractivity contribution in [3.63, 3.8) is 0 Å². The topological polar surface area (TPSA) is 64.4 Å². The van der Waals surface area contributed by atoms with Crippen LogP contribution in [-0.2, 0) is 4.79 Å². The predicted molar refractivity (Wildman–Crippen MR) is 78.2 cm³/mol. The molecule has 0 spiro atoms. The maximum absolute atomic E-state index is 11.9. The molecule has 1 amide bonds. The number of anilines is 1. The number of rotatable bonds is 5. The summed E-state index contributed by atoms with van der Waals surface area (Å²) in [5.41, 5.74) is 0. The highest BCUT2D eigenvalue weighted by atomic mass is 32.2. The van der Waals surface area contributed by atoms with Gasteiger partial charge >= 0.3 is 0 Å². The quantitative estimate of drug-likeness (QED) is 0.858. The van der Waals surface area contributed by atoms with Crippen molar-refractivity contribution in [3.05, 3.63) is 36.1 Å². The van der Waals surface area contributed by atoms with Crippen LogP contribution in [0.1, 0.15) is 12.7 Å². The summed E-state index contributed by atoms with van der Waals surface area (Å²) in [7, 11) is 0. The molecule has 0 aliphatic rings. The zero-order valence-corrected chi connectivity index (χ0v) is 12.4. The third-order valence-corrected chi connectivity index (χ3v) is 3.36. The molecule has 0 saturated carbocycles. The van der Waals surface area contributed by atoms with Crippen LogP contribution in [-0.4, -0.2) is 23.4 Å². The van der Waals surface area contributed by atoms with Crippen LogP contribution in [0.4, 0.5) is 5.82 Å². The summed E-state index contributed by atoms with van der Waals surface area (Å²) in [5, 5.41) is 6.34. The summed E-state index contributed by atoms with van der Waals surface area (Å²) < 4.78 is 10.5. The second kappa shape index (κ2) is 6.47. The molecule has 1 heterocycles. The van der Waals surface area contributed by atoms with Crippen LogP contribution < -0.4 is 10.1 Å². The van der Waals surface area contributed by atoms with Crippen molar-refractivity contribution in [2.45, 2.75) is 24.8 Å². The van der Waals surface area contributed by atoms with E-state index in [1.54, 1.807) is 31.7 Å². The third kappa shape index (κ3) is 3.77. The Morgan fingerprint density at radius 1 is 1.40 bits per heavy atom. The number of nitrogens with zero attached hydrogens (tertiary/aromatic N) is 1. The Labute approximate surface area is 121 Å². The average molecular weight is 292 g/mol. The molecular formula is C14H16N2O3S. The summed E-state index contributed by atoms with van der Waals surface area (Å²) in [6.07, 6.45) is 1.39. The molecule has 6 heteroatoms. The summed E-state index contributed by atoms with van der Waals surface area (Å²) in [6.45, 7) is 3.45. The Kier molecular flexibility index (Phi) is 4.68. The minimum atomic E-state index is -0.618. The fourth-order valence-electron chi connectivity index (χ4n) is 1.57. The predicted octanol–water partition coefficient (Wildman–Crippen LogP) is 3.11. The van der Waals surface area contributed by atoms with Crippen molar-refractivity contribution in [1.82, 2.24) is 5.16 Å². The lowest BCUT2D eigenvalue weighted by Gasteiger charge is -2.13. The van der Waals surface area contributed by atoms with E-state index < -0.39 is 6.10 Å². The van der Waals surface area contributed by atoms with Crippen LogP contribution in [0, 0.1) is 6.92 Å². The number of carbonyl (C=O) groups is 1. The monoisotopic (exact) mass is 292 g/mol. The average Bonchev–Trinajstić information content (AvgIpc) is 2.85. The van der Waals surface area contributed by atoms with Gasteiger partial charge in [0.1, 0.15) is 11.5 Å². The molecule has 1 unspecified atom stereocenters. The van der Waals surface area contributed by atoms with Gasteiger partial charge in [-0.1, -0.05) is 5.16 Å². The van der Waals surface area contributed by atoms with Crippen LogP contribution in [0.2, 0.25) is 0 Å². The Balaban J connectivity index is 1.92. The van der Waals surface area contributed by atoms with Gasteiger partial charge < -0.3 is 14.6 Å². The number of hydrogen-bond donors (Lipinski definition) is 1. The highest BCUT2D eigenvalue weighted by molar-refractivity contribution is 7.98. The van der Waals surface area contributed by atoms with Crippen LogP contribution >= 0.6 is 11.8 Å². The molecule has 5 nitrogen and oxygen atoms in total. The number of carbonyl (C=O) groups excluding carboxylic acids is 1. The molecule has 2 aromatic rings. The molecule has 1 aromatic carbocycles. The zero-order valence-electron chi connectivity index (χ0n) is 11.5. The smallest absolute Gasteiger partial charge is 0.266 e. The maximum atomic E-state index is 11.9. The van der Waals surface area contributed by atoms with E-state index in [-0.39, 0.29) is 5.91 Å². The van der Waals surface area contributed by atoms with E-state index in [1.807, 2.05) is 30.5 Å². The molecule has 106 valence electrons. The third-order valence-electron chi connectivity index (χ3n) is 2.62. The normalized spacial score (nSPS) is 11.9. The molecule has 1 N–H and O–H groups in total. The first-order valence-electron chi connectivity index (χ1n) is 6.13. The number of hydrogen-bond acceptors (Lipinski definition) is 5. The molecular weight excluding hydrogens is 276 g/mol. The van der Waals surface area contributed by atoms with Gasteiger partial charge in [0.2, 0.25) is 0 Å². The largest absolute Gasteiger partial charge is 0.481 e. The molecule has 1 aromatic heterocycles. The SMILES string of the molecule is CSc1ccc(OC(C)C(=O)Nc2cc(C)on2)cc1. The second-order valence-electron chi connectivity index (χ2n) is 4.25. The first-order chi connectivity index (χ1) is 9.58. The van der Waals surface area contributed by atoms with Crippen molar-refractivity contribution in [2.24, 2.45) is 0 Å². The van der Waals surface area contributed by atoms with Crippen molar-refractivity contribution >= 4 is 23.5 Å². The lowest BCUT2D eigenvalue weighted by Crippen LogP contribution is -2.30. The molecule has 0 aliphatic heterocycles. The molecule has 0 bridgehead atoms. The Bertz CT molecular complexity index is 580. The van der Waals surface area contributed by atoms with Crippen molar-refractivity contribution in [1.29, 1.82) is 0 Å². The summed E-state index contributed by atoms with van der Waals surface area (Å²) in [6, 6.07) is 9.24. The lowest BCUT2D eigenvalue weighted by molar-refractivity contribution is -0.122. The molecule has 1 atom stereocenters. The molecule has 2 rings (SSSR count). The Morgan fingerprint density at radius 2 is 2.10 bits per heavy atom. The van der Waals surface area contributed by atoms with E-state index in [4.69, 9.17) is 9.26 Å². The van der Waals surface area contributed by atoms with Gasteiger partial charge in [0, 0.05) is 11.0 Å². The minimum Gasteiger partial charge on any atom is -0.481 e. The van der Waals surface area contributed by atoms with Gasteiger partial charge in [-0.15, -0.1) is 11.8 Å². The fraction of sp³-hybridized carbons (Fsp3) is 0.286. The highest BCUT2D eigenvalue weighted by Crippen LogP contribution is 2.20. The van der Waals surface area contributed by atoms with Gasteiger partial charge in [-0.3, -0.25) is 4.79 Å². The van der Waals surface area contributed by atoms with Gasteiger partial charge in [0.15, 0.2) is 11.9 Å². The molecule has 0 radical (unpaired) electrons. The van der Waals surface area contributed by atoms with Gasteiger partial charge in [-0.2, -0.15) is 0 Å². The molecule has 20 heavy (non-hydrogen) atoms. The number of aryl methyl sites for hydroxylation is 1. The number of amides is 1. The van der Waals surface area contributed by atoms with Gasteiger partial charge in [-0.05, 0) is 44.4 Å².